The van der Waals surface area contributed by atoms with Gasteiger partial charge in [-0.1, -0.05) is 17.7 Å². The summed E-state index contributed by atoms with van der Waals surface area (Å²) in [6.45, 7) is 3.48. The molecule has 1 aromatic heterocycles. The highest BCUT2D eigenvalue weighted by Crippen LogP contribution is 2.27. The summed E-state index contributed by atoms with van der Waals surface area (Å²) in [6, 6.07) is 4.71. The number of halogens is 2. The lowest BCUT2D eigenvalue weighted by molar-refractivity contribution is 0.632. The third kappa shape index (κ3) is 2.36. The third-order valence-corrected chi connectivity index (χ3v) is 2.79. The first-order chi connectivity index (χ1) is 8.49. The molecule has 0 saturated heterocycles. The van der Waals surface area contributed by atoms with Crippen LogP contribution in [0, 0.1) is 19.7 Å². The second kappa shape index (κ2) is 4.78. The monoisotopic (exact) mass is 266 g/mol. The number of hydrogen-bond acceptors (Lipinski definition) is 4. The van der Waals surface area contributed by atoms with E-state index in [0.717, 1.165) is 0 Å². The zero-order valence-electron chi connectivity index (χ0n) is 9.96. The molecule has 4 nitrogen and oxygen atoms in total. The van der Waals surface area contributed by atoms with Gasteiger partial charge in [0.05, 0.1) is 10.7 Å². The van der Waals surface area contributed by atoms with Crippen molar-refractivity contribution in [1.29, 1.82) is 0 Å². The number of benzene rings is 1. The van der Waals surface area contributed by atoms with Crippen LogP contribution in [0.5, 0.6) is 0 Å². The number of aromatic nitrogens is 2. The topological polar surface area (TPSA) is 63.8 Å². The van der Waals surface area contributed by atoms with Crippen molar-refractivity contribution in [2.75, 3.05) is 11.1 Å². The average molecular weight is 267 g/mol. The van der Waals surface area contributed by atoms with Gasteiger partial charge in [-0.2, -0.15) is 0 Å². The summed E-state index contributed by atoms with van der Waals surface area (Å²) < 4.78 is 13.8. The molecule has 0 atom stereocenters. The second-order valence-electron chi connectivity index (χ2n) is 3.86. The van der Waals surface area contributed by atoms with Crippen LogP contribution in [0.25, 0.3) is 0 Å². The SMILES string of the molecule is Cc1nc(N)c(C)c(Nc2cccc(Cl)c2F)n1. The van der Waals surface area contributed by atoms with Crippen LogP contribution >= 0.6 is 11.6 Å². The highest BCUT2D eigenvalue weighted by Gasteiger charge is 2.11. The molecule has 94 valence electrons. The van der Waals surface area contributed by atoms with E-state index >= 15 is 0 Å². The summed E-state index contributed by atoms with van der Waals surface area (Å²) in [5.74, 6) is 0.838. The van der Waals surface area contributed by atoms with Crippen LogP contribution in [-0.2, 0) is 0 Å². The molecule has 2 rings (SSSR count). The van der Waals surface area contributed by atoms with Crippen LogP contribution in [0.15, 0.2) is 18.2 Å². The van der Waals surface area contributed by atoms with Crippen molar-refractivity contribution in [3.63, 3.8) is 0 Å². The van der Waals surface area contributed by atoms with Crippen LogP contribution in [-0.4, -0.2) is 9.97 Å². The molecule has 0 radical (unpaired) electrons. The number of nitrogens with two attached hydrogens (primary N) is 1. The predicted molar refractivity (Wildman–Crippen MR) is 70.6 cm³/mol. The Bertz CT molecular complexity index is 601. The lowest BCUT2D eigenvalue weighted by Crippen LogP contribution is -2.05. The van der Waals surface area contributed by atoms with Crippen LogP contribution in [0.3, 0.4) is 0 Å². The molecule has 0 bridgehead atoms. The van der Waals surface area contributed by atoms with E-state index in [0.29, 0.717) is 23.0 Å². The third-order valence-electron chi connectivity index (χ3n) is 2.50. The van der Waals surface area contributed by atoms with Gasteiger partial charge in [-0.15, -0.1) is 0 Å². The highest BCUT2D eigenvalue weighted by atomic mass is 35.5. The van der Waals surface area contributed by atoms with E-state index < -0.39 is 5.82 Å². The first-order valence-corrected chi connectivity index (χ1v) is 5.68. The highest BCUT2D eigenvalue weighted by molar-refractivity contribution is 6.31. The Labute approximate surface area is 109 Å². The fraction of sp³-hybridized carbons (Fsp3) is 0.167. The molecule has 6 heteroatoms. The van der Waals surface area contributed by atoms with E-state index in [9.17, 15) is 4.39 Å². The van der Waals surface area contributed by atoms with Gasteiger partial charge in [-0.25, -0.2) is 14.4 Å². The van der Waals surface area contributed by atoms with E-state index in [1.54, 1.807) is 26.0 Å². The normalized spacial score (nSPS) is 10.4. The Morgan fingerprint density at radius 1 is 1.28 bits per heavy atom. The van der Waals surface area contributed by atoms with Gasteiger partial charge in [0.25, 0.3) is 0 Å². The molecule has 0 saturated carbocycles. The molecule has 0 aliphatic carbocycles. The molecule has 0 amide bonds. The number of anilines is 3. The van der Waals surface area contributed by atoms with Gasteiger partial charge in [-0.3, -0.25) is 0 Å². The number of hydrogen-bond donors (Lipinski definition) is 2. The Morgan fingerprint density at radius 2 is 2.00 bits per heavy atom. The van der Waals surface area contributed by atoms with Crippen LogP contribution < -0.4 is 11.1 Å². The summed E-state index contributed by atoms with van der Waals surface area (Å²) in [5, 5.41) is 2.92. The quantitative estimate of drug-likeness (QED) is 0.876. The maximum atomic E-state index is 13.8. The standard InChI is InChI=1S/C12H12ClFN4/c1-6-11(15)16-7(2)17-12(6)18-9-5-3-4-8(13)10(9)14/h3-5H,1-2H3,(H3,15,16,17,18). The van der Waals surface area contributed by atoms with E-state index in [1.165, 1.54) is 6.07 Å². The van der Waals surface area contributed by atoms with Gasteiger partial charge in [0.1, 0.15) is 17.5 Å². The first-order valence-electron chi connectivity index (χ1n) is 5.31. The van der Waals surface area contributed by atoms with E-state index in [2.05, 4.69) is 15.3 Å². The fourth-order valence-electron chi connectivity index (χ4n) is 1.50. The fourth-order valence-corrected chi connectivity index (χ4v) is 1.67. The predicted octanol–water partition coefficient (Wildman–Crippen LogP) is 3.21. The van der Waals surface area contributed by atoms with Gasteiger partial charge in [-0.05, 0) is 26.0 Å². The summed E-state index contributed by atoms with van der Waals surface area (Å²) in [4.78, 5) is 8.21. The minimum atomic E-state index is -0.520. The smallest absolute Gasteiger partial charge is 0.165 e. The molecule has 3 N–H and O–H groups in total. The molecule has 2 aromatic rings. The van der Waals surface area contributed by atoms with Gasteiger partial charge in [0, 0.05) is 5.56 Å². The molecule has 1 heterocycles. The van der Waals surface area contributed by atoms with E-state index in [1.807, 2.05) is 0 Å². The second-order valence-corrected chi connectivity index (χ2v) is 4.26. The van der Waals surface area contributed by atoms with Gasteiger partial charge in [0.15, 0.2) is 5.82 Å². The van der Waals surface area contributed by atoms with Gasteiger partial charge >= 0.3 is 0 Å². The van der Waals surface area contributed by atoms with Crippen molar-refractivity contribution in [3.05, 3.63) is 40.4 Å². The van der Waals surface area contributed by atoms with Crippen molar-refractivity contribution in [1.82, 2.24) is 9.97 Å². The molecule has 18 heavy (non-hydrogen) atoms. The molecule has 0 aliphatic rings. The number of rotatable bonds is 2. The molecule has 0 fully saturated rings. The summed E-state index contributed by atoms with van der Waals surface area (Å²) in [7, 11) is 0. The van der Waals surface area contributed by atoms with Crippen LogP contribution in [0.2, 0.25) is 5.02 Å². The maximum Gasteiger partial charge on any atom is 0.165 e. The summed E-state index contributed by atoms with van der Waals surface area (Å²) >= 11 is 5.71. The van der Waals surface area contributed by atoms with Crippen molar-refractivity contribution < 1.29 is 4.39 Å². The molecule has 0 spiro atoms. The first kappa shape index (κ1) is 12.6. The Hall–Kier alpha value is -1.88. The average Bonchev–Trinajstić information content (AvgIpc) is 2.31. The van der Waals surface area contributed by atoms with Crippen molar-refractivity contribution in [2.45, 2.75) is 13.8 Å². The Kier molecular flexibility index (Phi) is 3.34. The Morgan fingerprint density at radius 3 is 2.72 bits per heavy atom. The van der Waals surface area contributed by atoms with E-state index in [-0.39, 0.29) is 10.7 Å². The summed E-state index contributed by atoms with van der Waals surface area (Å²) in [6.07, 6.45) is 0. The Balaban J connectivity index is 2.43. The summed E-state index contributed by atoms with van der Waals surface area (Å²) in [5.41, 5.74) is 6.65. The number of nitrogens with zero attached hydrogens (tertiary/aromatic N) is 2. The zero-order chi connectivity index (χ0) is 13.3. The van der Waals surface area contributed by atoms with Gasteiger partial charge < -0.3 is 11.1 Å². The number of nitrogens with one attached hydrogen (secondary N) is 1. The number of nitrogen functional groups attached to an aromatic ring is 1. The van der Waals surface area contributed by atoms with Crippen molar-refractivity contribution in [3.8, 4) is 0 Å². The largest absolute Gasteiger partial charge is 0.383 e. The molecule has 1 aromatic carbocycles. The molecule has 0 unspecified atom stereocenters. The lowest BCUT2D eigenvalue weighted by atomic mass is 10.2. The van der Waals surface area contributed by atoms with Crippen molar-refractivity contribution >= 4 is 28.9 Å². The lowest BCUT2D eigenvalue weighted by Gasteiger charge is -2.11. The van der Waals surface area contributed by atoms with Crippen LogP contribution in [0.1, 0.15) is 11.4 Å². The molecular weight excluding hydrogens is 255 g/mol. The van der Waals surface area contributed by atoms with E-state index in [4.69, 9.17) is 17.3 Å². The number of aryl methyl sites for hydroxylation is 1. The molecule has 0 aliphatic heterocycles. The zero-order valence-corrected chi connectivity index (χ0v) is 10.7. The maximum absolute atomic E-state index is 13.8. The van der Waals surface area contributed by atoms with Crippen LogP contribution in [0.4, 0.5) is 21.7 Å². The van der Waals surface area contributed by atoms with Gasteiger partial charge in [0.2, 0.25) is 0 Å². The minimum Gasteiger partial charge on any atom is -0.383 e. The minimum absolute atomic E-state index is 0.0522. The molecular formula is C12H12ClFN4. The van der Waals surface area contributed by atoms with Crippen molar-refractivity contribution in [2.24, 2.45) is 0 Å².